The summed E-state index contributed by atoms with van der Waals surface area (Å²) in [6.45, 7) is 5.42. The number of thiophene rings is 1. The van der Waals surface area contributed by atoms with E-state index in [1.807, 2.05) is 0 Å². The zero-order chi connectivity index (χ0) is 17.1. The monoisotopic (exact) mass is 353 g/mol. The van der Waals surface area contributed by atoms with Gasteiger partial charge in [0.15, 0.2) is 0 Å². The molecule has 0 bridgehead atoms. The van der Waals surface area contributed by atoms with Crippen molar-refractivity contribution in [2.75, 3.05) is 19.6 Å². The molecule has 1 aromatic carbocycles. The third kappa shape index (κ3) is 3.83. The van der Waals surface area contributed by atoms with E-state index in [0.717, 1.165) is 49.7 Å². The van der Waals surface area contributed by atoms with E-state index in [0.29, 0.717) is 11.8 Å². The molecule has 3 heterocycles. The van der Waals surface area contributed by atoms with E-state index < -0.39 is 0 Å². The molecule has 3 aromatic rings. The largest absolute Gasteiger partial charge is 0.420 e. The fourth-order valence-electron chi connectivity index (χ4n) is 3.42. The molecule has 0 N–H and O–H groups in total. The Morgan fingerprint density at radius 1 is 1.12 bits per heavy atom. The van der Waals surface area contributed by atoms with E-state index >= 15 is 0 Å². The predicted octanol–water partition coefficient (Wildman–Crippen LogP) is 4.53. The van der Waals surface area contributed by atoms with Crippen LogP contribution < -0.4 is 0 Å². The third-order valence-electron chi connectivity index (χ3n) is 4.99. The molecule has 0 saturated carbocycles. The van der Waals surface area contributed by atoms with Crippen LogP contribution in [-0.4, -0.2) is 34.7 Å². The minimum atomic E-state index is 0.398. The van der Waals surface area contributed by atoms with E-state index in [1.165, 1.54) is 11.1 Å². The van der Waals surface area contributed by atoms with Crippen molar-refractivity contribution in [1.82, 2.24) is 15.1 Å². The molecule has 25 heavy (non-hydrogen) atoms. The van der Waals surface area contributed by atoms with Gasteiger partial charge in [0.25, 0.3) is 5.89 Å². The van der Waals surface area contributed by atoms with E-state index in [2.05, 4.69) is 63.8 Å². The van der Waals surface area contributed by atoms with E-state index in [1.54, 1.807) is 11.3 Å². The van der Waals surface area contributed by atoms with Crippen molar-refractivity contribution in [3.8, 4) is 10.8 Å². The van der Waals surface area contributed by atoms with Crippen molar-refractivity contribution < 1.29 is 4.42 Å². The lowest BCUT2D eigenvalue weighted by atomic mass is 9.96. The molecular weight excluding hydrogens is 330 g/mol. The van der Waals surface area contributed by atoms with Gasteiger partial charge < -0.3 is 9.32 Å². The summed E-state index contributed by atoms with van der Waals surface area (Å²) in [5, 5.41) is 10.7. The molecule has 0 atom stereocenters. The van der Waals surface area contributed by atoms with Crippen LogP contribution in [0.2, 0.25) is 0 Å². The SMILES string of the molecule is Cc1ccsc1-c1nnc(C2CCN(CCc3ccccc3)CC2)o1. The molecule has 0 spiro atoms. The van der Waals surface area contributed by atoms with Crippen molar-refractivity contribution in [3.05, 3.63) is 58.8 Å². The molecule has 5 heteroatoms. The number of piperidine rings is 1. The van der Waals surface area contributed by atoms with Gasteiger partial charge >= 0.3 is 0 Å². The van der Waals surface area contributed by atoms with Crippen LogP contribution in [0.4, 0.5) is 0 Å². The van der Waals surface area contributed by atoms with Gasteiger partial charge in [-0.15, -0.1) is 21.5 Å². The first-order chi connectivity index (χ1) is 12.3. The lowest BCUT2D eigenvalue weighted by molar-refractivity contribution is 0.202. The van der Waals surface area contributed by atoms with Crippen LogP contribution >= 0.6 is 11.3 Å². The first kappa shape index (κ1) is 16.5. The molecular formula is C20H23N3OS. The summed E-state index contributed by atoms with van der Waals surface area (Å²) >= 11 is 1.66. The Kier molecular flexibility index (Phi) is 4.95. The van der Waals surface area contributed by atoms with Crippen LogP contribution in [0.5, 0.6) is 0 Å². The number of hydrogen-bond acceptors (Lipinski definition) is 5. The van der Waals surface area contributed by atoms with Crippen LogP contribution in [0.25, 0.3) is 10.8 Å². The van der Waals surface area contributed by atoms with Crippen LogP contribution in [0.15, 0.2) is 46.2 Å². The highest BCUT2D eigenvalue weighted by atomic mass is 32.1. The molecule has 0 radical (unpaired) electrons. The van der Waals surface area contributed by atoms with E-state index in [9.17, 15) is 0 Å². The molecule has 1 fully saturated rings. The minimum Gasteiger partial charge on any atom is -0.420 e. The highest BCUT2D eigenvalue weighted by Gasteiger charge is 2.25. The standard InChI is InChI=1S/C20H23N3OS/c1-15-10-14-25-18(15)20-22-21-19(24-20)17-8-12-23(13-9-17)11-7-16-5-3-2-4-6-16/h2-6,10,14,17H,7-9,11-13H2,1H3. The zero-order valence-electron chi connectivity index (χ0n) is 14.5. The number of aryl methyl sites for hydroxylation is 1. The van der Waals surface area contributed by atoms with E-state index in [-0.39, 0.29) is 0 Å². The second-order valence-corrected chi connectivity index (χ2v) is 7.65. The Labute approximate surface area is 152 Å². The lowest BCUT2D eigenvalue weighted by Gasteiger charge is -2.30. The van der Waals surface area contributed by atoms with Crippen LogP contribution in [0.3, 0.4) is 0 Å². The highest BCUT2D eigenvalue weighted by Crippen LogP contribution is 2.32. The zero-order valence-corrected chi connectivity index (χ0v) is 15.3. The van der Waals surface area contributed by atoms with Crippen molar-refractivity contribution in [3.63, 3.8) is 0 Å². The van der Waals surface area contributed by atoms with Crippen molar-refractivity contribution >= 4 is 11.3 Å². The minimum absolute atomic E-state index is 0.398. The van der Waals surface area contributed by atoms with Gasteiger partial charge in [0.05, 0.1) is 4.88 Å². The Bertz CT molecular complexity index is 803. The molecule has 1 aliphatic rings. The maximum Gasteiger partial charge on any atom is 0.258 e. The second kappa shape index (κ2) is 7.50. The normalized spacial score (nSPS) is 16.4. The average molecular weight is 353 g/mol. The first-order valence-corrected chi connectivity index (χ1v) is 9.82. The van der Waals surface area contributed by atoms with Gasteiger partial charge in [0, 0.05) is 12.5 Å². The Morgan fingerprint density at radius 2 is 1.92 bits per heavy atom. The van der Waals surface area contributed by atoms with Gasteiger partial charge in [0.2, 0.25) is 5.89 Å². The fraction of sp³-hybridized carbons (Fsp3) is 0.400. The summed E-state index contributed by atoms with van der Waals surface area (Å²) in [6.07, 6.45) is 3.31. The maximum atomic E-state index is 5.98. The summed E-state index contributed by atoms with van der Waals surface area (Å²) in [7, 11) is 0. The molecule has 4 nitrogen and oxygen atoms in total. The number of nitrogens with zero attached hydrogens (tertiary/aromatic N) is 3. The Morgan fingerprint density at radius 3 is 2.64 bits per heavy atom. The van der Waals surface area contributed by atoms with Crippen molar-refractivity contribution in [2.24, 2.45) is 0 Å². The summed E-state index contributed by atoms with van der Waals surface area (Å²) in [5.41, 5.74) is 2.62. The summed E-state index contributed by atoms with van der Waals surface area (Å²) in [5.74, 6) is 1.88. The smallest absolute Gasteiger partial charge is 0.258 e. The highest BCUT2D eigenvalue weighted by molar-refractivity contribution is 7.13. The maximum absolute atomic E-state index is 5.98. The second-order valence-electron chi connectivity index (χ2n) is 6.73. The number of likely N-dealkylation sites (tertiary alicyclic amines) is 1. The number of rotatable bonds is 5. The van der Waals surface area contributed by atoms with Crippen molar-refractivity contribution in [2.45, 2.75) is 32.1 Å². The van der Waals surface area contributed by atoms with Crippen LogP contribution in [-0.2, 0) is 6.42 Å². The van der Waals surface area contributed by atoms with Gasteiger partial charge in [0.1, 0.15) is 0 Å². The van der Waals surface area contributed by atoms with Crippen molar-refractivity contribution in [1.29, 1.82) is 0 Å². The summed E-state index contributed by atoms with van der Waals surface area (Å²) in [4.78, 5) is 3.64. The van der Waals surface area contributed by atoms with E-state index in [4.69, 9.17) is 4.42 Å². The first-order valence-electron chi connectivity index (χ1n) is 8.94. The topological polar surface area (TPSA) is 42.2 Å². The predicted molar refractivity (Wildman–Crippen MR) is 101 cm³/mol. The van der Waals surface area contributed by atoms with Gasteiger partial charge in [-0.05, 0) is 61.8 Å². The third-order valence-corrected chi connectivity index (χ3v) is 6.00. The molecule has 1 saturated heterocycles. The molecule has 0 amide bonds. The molecule has 0 unspecified atom stereocenters. The Balaban J connectivity index is 1.32. The Hall–Kier alpha value is -1.98. The average Bonchev–Trinajstić information content (AvgIpc) is 3.30. The summed E-state index contributed by atoms with van der Waals surface area (Å²) in [6, 6.07) is 12.8. The summed E-state index contributed by atoms with van der Waals surface area (Å²) < 4.78 is 5.98. The fourth-order valence-corrected chi connectivity index (χ4v) is 4.26. The van der Waals surface area contributed by atoms with Gasteiger partial charge in [-0.1, -0.05) is 30.3 Å². The number of aromatic nitrogens is 2. The van der Waals surface area contributed by atoms with Gasteiger partial charge in [-0.25, -0.2) is 0 Å². The van der Waals surface area contributed by atoms with Crippen LogP contribution in [0, 0.1) is 6.92 Å². The van der Waals surface area contributed by atoms with Gasteiger partial charge in [-0.3, -0.25) is 0 Å². The molecule has 4 rings (SSSR count). The van der Waals surface area contributed by atoms with Crippen LogP contribution in [0.1, 0.15) is 35.8 Å². The number of benzene rings is 1. The molecule has 130 valence electrons. The molecule has 2 aromatic heterocycles. The molecule has 1 aliphatic heterocycles. The quantitative estimate of drug-likeness (QED) is 0.676. The number of hydrogen-bond donors (Lipinski definition) is 0. The lowest BCUT2D eigenvalue weighted by Crippen LogP contribution is -2.34. The molecule has 0 aliphatic carbocycles. The van der Waals surface area contributed by atoms with Gasteiger partial charge in [-0.2, -0.15) is 0 Å².